The van der Waals surface area contributed by atoms with Gasteiger partial charge in [0.2, 0.25) is 0 Å². The fourth-order valence-electron chi connectivity index (χ4n) is 0.600. The fourth-order valence-corrected chi connectivity index (χ4v) is 1.21. The molecule has 3 N–H and O–H groups in total. The Hall–Kier alpha value is -0.950. The lowest BCUT2D eigenvalue weighted by atomic mass is 10.1. The molecule has 0 aliphatic carbocycles. The van der Waals surface area contributed by atoms with Crippen molar-refractivity contribution in [3.8, 4) is 0 Å². The van der Waals surface area contributed by atoms with Gasteiger partial charge in [-0.05, 0) is 0 Å². The number of rotatable bonds is 5. The van der Waals surface area contributed by atoms with Crippen molar-refractivity contribution in [2.75, 3.05) is 5.75 Å². The van der Waals surface area contributed by atoms with Gasteiger partial charge in [0, 0.05) is 0 Å². The topological polar surface area (TPSA) is 112 Å². The molecule has 0 fully saturated rings. The summed E-state index contributed by atoms with van der Waals surface area (Å²) in [5, 5.41) is 16.6. The number of carboxylic acid groups (broad SMARTS) is 2. The smallest absolute Gasteiger partial charge is 0.308 e. The van der Waals surface area contributed by atoms with Crippen molar-refractivity contribution in [1.29, 1.82) is 0 Å². The number of hydrogen-bond acceptors (Lipinski definition) is 3. The Labute approximate surface area is 70.5 Å². The van der Waals surface area contributed by atoms with Gasteiger partial charge in [-0.3, -0.25) is 9.59 Å². The van der Waals surface area contributed by atoms with Crippen molar-refractivity contribution in [1.82, 2.24) is 0 Å². The van der Waals surface area contributed by atoms with Gasteiger partial charge in [0.25, 0.3) is 0 Å². The van der Waals surface area contributed by atoms with Crippen LogP contribution in [0.25, 0.3) is 0 Å². The van der Waals surface area contributed by atoms with Crippen LogP contribution in [0.5, 0.6) is 0 Å². The molecule has 0 aromatic heterocycles. The van der Waals surface area contributed by atoms with Gasteiger partial charge < -0.3 is 14.8 Å². The third-order valence-corrected chi connectivity index (χ3v) is 1.80. The van der Waals surface area contributed by atoms with Crippen molar-refractivity contribution < 1.29 is 28.6 Å². The van der Waals surface area contributed by atoms with E-state index < -0.39 is 41.1 Å². The Bertz CT molecular complexity index is 196. The maximum absolute atomic E-state index is 10.3. The molecule has 2 atom stereocenters. The molecule has 0 heterocycles. The molecule has 2 unspecified atom stereocenters. The first-order chi connectivity index (χ1) is 5.43. The molecule has 0 rings (SSSR count). The first kappa shape index (κ1) is 11.1. The van der Waals surface area contributed by atoms with Crippen LogP contribution in [0, 0.1) is 5.92 Å². The first-order valence-electron chi connectivity index (χ1n) is 2.95. The molecular formula is C5H8O6S. The molecular weight excluding hydrogens is 188 g/mol. The summed E-state index contributed by atoms with van der Waals surface area (Å²) in [4.78, 5) is 20.3. The second-order valence-corrected chi connectivity index (χ2v) is 3.10. The molecule has 12 heavy (non-hydrogen) atoms. The van der Waals surface area contributed by atoms with Gasteiger partial charge in [0.1, 0.15) is 0 Å². The molecule has 0 aliphatic heterocycles. The van der Waals surface area contributed by atoms with Gasteiger partial charge in [0.15, 0.2) is 11.1 Å². The molecule has 7 heteroatoms. The van der Waals surface area contributed by atoms with Crippen LogP contribution in [0.3, 0.4) is 0 Å². The maximum Gasteiger partial charge on any atom is 0.308 e. The van der Waals surface area contributed by atoms with Crippen LogP contribution in [0.1, 0.15) is 6.42 Å². The Balaban J connectivity index is 4.14. The first-order valence-corrected chi connectivity index (χ1v) is 4.23. The van der Waals surface area contributed by atoms with Crippen molar-refractivity contribution >= 4 is 23.0 Å². The summed E-state index contributed by atoms with van der Waals surface area (Å²) in [6.45, 7) is 0. The molecule has 0 aromatic carbocycles. The van der Waals surface area contributed by atoms with E-state index in [-0.39, 0.29) is 0 Å². The lowest BCUT2D eigenvalue weighted by Crippen LogP contribution is -2.23. The molecule has 70 valence electrons. The van der Waals surface area contributed by atoms with Crippen LogP contribution in [-0.4, -0.2) is 36.7 Å². The Morgan fingerprint density at radius 1 is 1.33 bits per heavy atom. The molecule has 0 saturated heterocycles. The summed E-state index contributed by atoms with van der Waals surface area (Å²) in [5.41, 5.74) is 0. The Morgan fingerprint density at radius 2 is 1.83 bits per heavy atom. The monoisotopic (exact) mass is 196 g/mol. The van der Waals surface area contributed by atoms with Crippen molar-refractivity contribution in [2.24, 2.45) is 5.92 Å². The van der Waals surface area contributed by atoms with Crippen molar-refractivity contribution in [3.63, 3.8) is 0 Å². The molecule has 0 saturated carbocycles. The highest BCUT2D eigenvalue weighted by atomic mass is 32.2. The van der Waals surface area contributed by atoms with E-state index in [1.807, 2.05) is 0 Å². The number of aliphatic carboxylic acids is 2. The molecule has 6 nitrogen and oxygen atoms in total. The van der Waals surface area contributed by atoms with Gasteiger partial charge in [0.05, 0.1) is 18.1 Å². The van der Waals surface area contributed by atoms with E-state index in [1.54, 1.807) is 0 Å². The summed E-state index contributed by atoms with van der Waals surface area (Å²) in [6, 6.07) is 0. The summed E-state index contributed by atoms with van der Waals surface area (Å²) in [7, 11) is 0. The number of carbonyl (C=O) groups is 2. The molecule has 0 radical (unpaired) electrons. The van der Waals surface area contributed by atoms with Gasteiger partial charge in [-0.2, -0.15) is 0 Å². The summed E-state index contributed by atoms with van der Waals surface area (Å²) < 4.78 is 18.5. The van der Waals surface area contributed by atoms with E-state index in [9.17, 15) is 13.8 Å². The third-order valence-electron chi connectivity index (χ3n) is 1.11. The molecule has 0 amide bonds. The second kappa shape index (κ2) is 4.83. The van der Waals surface area contributed by atoms with E-state index in [2.05, 4.69) is 0 Å². The fraction of sp³-hybridized carbons (Fsp3) is 0.600. The standard InChI is InChI=1S/C5H8O6S/c6-4(7)1-3(5(8)9)2-12(10)11/h3H,1-2H2,(H,6,7)(H,8,9)(H,10,11). The van der Waals surface area contributed by atoms with E-state index in [0.29, 0.717) is 0 Å². The average molecular weight is 196 g/mol. The Kier molecular flexibility index (Phi) is 4.45. The number of carboxylic acids is 2. The zero-order valence-corrected chi connectivity index (χ0v) is 6.78. The highest BCUT2D eigenvalue weighted by Gasteiger charge is 2.22. The normalized spacial score (nSPS) is 15.1. The minimum Gasteiger partial charge on any atom is -0.481 e. The summed E-state index contributed by atoms with van der Waals surface area (Å²) in [6.07, 6.45) is -0.637. The lowest BCUT2D eigenvalue weighted by molar-refractivity contribution is -0.147. The minimum absolute atomic E-state index is 0.554. The minimum atomic E-state index is -2.28. The zero-order valence-electron chi connectivity index (χ0n) is 5.97. The van der Waals surface area contributed by atoms with Gasteiger partial charge in [-0.15, -0.1) is 0 Å². The van der Waals surface area contributed by atoms with Crippen LogP contribution >= 0.6 is 0 Å². The SMILES string of the molecule is O=C(O)CC(CS(=O)O)C(=O)O. The highest BCUT2D eigenvalue weighted by Crippen LogP contribution is 2.04. The van der Waals surface area contributed by atoms with Crippen LogP contribution in [0.2, 0.25) is 0 Å². The van der Waals surface area contributed by atoms with Gasteiger partial charge in [-0.1, -0.05) is 0 Å². The van der Waals surface area contributed by atoms with Crippen LogP contribution < -0.4 is 0 Å². The maximum atomic E-state index is 10.3. The van der Waals surface area contributed by atoms with Crippen LogP contribution in [-0.2, 0) is 20.7 Å². The van der Waals surface area contributed by atoms with Crippen molar-refractivity contribution in [3.05, 3.63) is 0 Å². The quantitative estimate of drug-likeness (QED) is 0.505. The third kappa shape index (κ3) is 4.80. The van der Waals surface area contributed by atoms with E-state index in [4.69, 9.17) is 14.8 Å². The highest BCUT2D eigenvalue weighted by molar-refractivity contribution is 7.79. The summed E-state index contributed by atoms with van der Waals surface area (Å²) >= 11 is -2.28. The van der Waals surface area contributed by atoms with Crippen LogP contribution in [0.4, 0.5) is 0 Å². The molecule has 0 spiro atoms. The number of hydrogen-bond donors (Lipinski definition) is 3. The zero-order chi connectivity index (χ0) is 9.72. The molecule has 0 aromatic rings. The van der Waals surface area contributed by atoms with Crippen LogP contribution in [0.15, 0.2) is 0 Å². The van der Waals surface area contributed by atoms with E-state index in [0.717, 1.165) is 0 Å². The van der Waals surface area contributed by atoms with Crippen molar-refractivity contribution in [2.45, 2.75) is 6.42 Å². The average Bonchev–Trinajstić information content (AvgIpc) is 1.83. The van der Waals surface area contributed by atoms with Gasteiger partial charge >= 0.3 is 11.9 Å². The van der Waals surface area contributed by atoms with E-state index in [1.165, 1.54) is 0 Å². The largest absolute Gasteiger partial charge is 0.481 e. The second-order valence-electron chi connectivity index (χ2n) is 2.12. The predicted molar refractivity (Wildman–Crippen MR) is 39.0 cm³/mol. The van der Waals surface area contributed by atoms with E-state index >= 15 is 0 Å². The predicted octanol–water partition coefficient (Wildman–Crippen LogP) is -0.616. The molecule has 0 bridgehead atoms. The summed E-state index contributed by atoms with van der Waals surface area (Å²) in [5.74, 6) is -4.53. The lowest BCUT2D eigenvalue weighted by Gasteiger charge is -2.05. The van der Waals surface area contributed by atoms with Gasteiger partial charge in [-0.25, -0.2) is 4.21 Å². The molecule has 0 aliphatic rings. The Morgan fingerprint density at radius 3 is 2.08 bits per heavy atom.